The van der Waals surface area contributed by atoms with Crippen LogP contribution in [0.1, 0.15) is 10.4 Å². The van der Waals surface area contributed by atoms with Gasteiger partial charge in [-0.15, -0.1) is 0 Å². The Balaban J connectivity index is 2.69. The van der Waals surface area contributed by atoms with E-state index in [0.717, 1.165) is 24.3 Å². The van der Waals surface area contributed by atoms with Crippen molar-refractivity contribution >= 4 is 33.3 Å². The summed E-state index contributed by atoms with van der Waals surface area (Å²) in [6, 6.07) is 3.84. The summed E-state index contributed by atoms with van der Waals surface area (Å²) in [6.45, 7) is 0. The SMILES string of the molecule is COc1cc(C(=O)O)c(NS(=O)(=O)c2ccc(F)c(Cl)c2)c(OC)c1OC. The monoisotopic (exact) mass is 419 g/mol. The second-order valence-electron chi connectivity index (χ2n) is 5.05. The van der Waals surface area contributed by atoms with Crippen molar-refractivity contribution in [3.63, 3.8) is 0 Å². The van der Waals surface area contributed by atoms with Crippen LogP contribution in [0.5, 0.6) is 17.2 Å². The number of rotatable bonds is 7. The molecule has 0 amide bonds. The van der Waals surface area contributed by atoms with Crippen molar-refractivity contribution in [3.8, 4) is 17.2 Å². The Hall–Kier alpha value is -2.72. The molecule has 0 saturated carbocycles. The van der Waals surface area contributed by atoms with Gasteiger partial charge in [-0.25, -0.2) is 17.6 Å². The van der Waals surface area contributed by atoms with Crippen LogP contribution in [0.15, 0.2) is 29.2 Å². The molecule has 0 aliphatic carbocycles. The third-order valence-electron chi connectivity index (χ3n) is 3.50. The van der Waals surface area contributed by atoms with Crippen molar-refractivity contribution in [2.24, 2.45) is 0 Å². The van der Waals surface area contributed by atoms with Crippen LogP contribution in [-0.2, 0) is 10.0 Å². The Kier molecular flexibility index (Phi) is 6.01. The number of sulfonamides is 1. The lowest BCUT2D eigenvalue weighted by Crippen LogP contribution is -2.17. The van der Waals surface area contributed by atoms with Crippen molar-refractivity contribution < 1.29 is 36.9 Å². The summed E-state index contributed by atoms with van der Waals surface area (Å²) in [6.07, 6.45) is 0. The Morgan fingerprint density at radius 2 is 1.74 bits per heavy atom. The molecule has 0 heterocycles. The van der Waals surface area contributed by atoms with Gasteiger partial charge in [0.05, 0.1) is 36.8 Å². The number of carboxylic acids is 1. The van der Waals surface area contributed by atoms with Crippen molar-refractivity contribution in [1.29, 1.82) is 0 Å². The Morgan fingerprint density at radius 1 is 1.11 bits per heavy atom. The standard InChI is InChI=1S/C16H15ClFNO7S/c1-24-12-7-9(16(20)21)13(15(26-3)14(12)25-2)19-27(22,23)8-4-5-11(18)10(17)6-8/h4-7,19H,1-3H3,(H,20,21). The molecule has 2 aromatic carbocycles. The molecular weight excluding hydrogens is 405 g/mol. The molecule has 8 nitrogen and oxygen atoms in total. The number of benzene rings is 2. The first-order valence-corrected chi connectivity index (χ1v) is 9.06. The molecule has 0 spiro atoms. The zero-order valence-corrected chi connectivity index (χ0v) is 15.9. The maximum Gasteiger partial charge on any atom is 0.338 e. The molecule has 0 unspecified atom stereocenters. The van der Waals surface area contributed by atoms with E-state index < -0.39 is 32.4 Å². The highest BCUT2D eigenvalue weighted by atomic mass is 35.5. The Morgan fingerprint density at radius 3 is 2.22 bits per heavy atom. The number of aromatic carboxylic acids is 1. The molecular formula is C16H15ClFNO7S. The fourth-order valence-electron chi connectivity index (χ4n) is 2.26. The predicted octanol–water partition coefficient (Wildman–Crippen LogP) is 3.00. The largest absolute Gasteiger partial charge is 0.493 e. The summed E-state index contributed by atoms with van der Waals surface area (Å²) in [5.41, 5.74) is -0.829. The topological polar surface area (TPSA) is 111 Å². The molecule has 2 N–H and O–H groups in total. The predicted molar refractivity (Wildman–Crippen MR) is 95.3 cm³/mol. The summed E-state index contributed by atoms with van der Waals surface area (Å²) in [5, 5.41) is 9.05. The highest BCUT2D eigenvalue weighted by Crippen LogP contribution is 2.46. The Labute approximate surface area is 159 Å². The molecule has 0 bridgehead atoms. The van der Waals surface area contributed by atoms with E-state index in [0.29, 0.717) is 0 Å². The van der Waals surface area contributed by atoms with E-state index in [1.165, 1.54) is 21.3 Å². The maximum absolute atomic E-state index is 13.3. The molecule has 11 heteroatoms. The molecule has 0 fully saturated rings. The van der Waals surface area contributed by atoms with Gasteiger partial charge in [0.2, 0.25) is 5.75 Å². The van der Waals surface area contributed by atoms with E-state index in [1.54, 1.807) is 0 Å². The van der Waals surface area contributed by atoms with Crippen LogP contribution >= 0.6 is 11.6 Å². The van der Waals surface area contributed by atoms with Gasteiger partial charge in [-0.05, 0) is 18.2 Å². The molecule has 27 heavy (non-hydrogen) atoms. The first kappa shape index (κ1) is 20.6. The van der Waals surface area contributed by atoms with Crippen LogP contribution in [0.3, 0.4) is 0 Å². The molecule has 0 aliphatic heterocycles. The number of anilines is 1. The number of carboxylic acid groups (broad SMARTS) is 1. The third kappa shape index (κ3) is 4.01. The quantitative estimate of drug-likeness (QED) is 0.709. The van der Waals surface area contributed by atoms with E-state index in [-0.39, 0.29) is 27.8 Å². The minimum absolute atomic E-state index is 0.0140. The second kappa shape index (κ2) is 7.89. The second-order valence-corrected chi connectivity index (χ2v) is 7.14. The van der Waals surface area contributed by atoms with E-state index in [2.05, 4.69) is 4.72 Å². The number of methoxy groups -OCH3 is 3. The number of nitrogens with one attached hydrogen (secondary N) is 1. The molecule has 2 rings (SSSR count). The molecule has 2 aromatic rings. The summed E-state index contributed by atoms with van der Waals surface area (Å²) < 4.78 is 56.1. The number of carbonyl (C=O) groups is 1. The van der Waals surface area contributed by atoms with Gasteiger partial charge in [-0.3, -0.25) is 4.72 Å². The highest BCUT2D eigenvalue weighted by molar-refractivity contribution is 7.92. The van der Waals surface area contributed by atoms with Gasteiger partial charge in [-0.2, -0.15) is 0 Å². The molecule has 0 atom stereocenters. The van der Waals surface area contributed by atoms with Crippen LogP contribution in [0.4, 0.5) is 10.1 Å². The van der Waals surface area contributed by atoms with Gasteiger partial charge in [0.25, 0.3) is 10.0 Å². The van der Waals surface area contributed by atoms with Crippen LogP contribution < -0.4 is 18.9 Å². The fraction of sp³-hybridized carbons (Fsp3) is 0.188. The summed E-state index contributed by atoms with van der Waals surface area (Å²) in [4.78, 5) is 11.2. The van der Waals surface area contributed by atoms with Gasteiger partial charge in [-0.1, -0.05) is 11.6 Å². The lowest BCUT2D eigenvalue weighted by Gasteiger charge is -2.19. The van der Waals surface area contributed by atoms with Gasteiger partial charge in [0.15, 0.2) is 11.5 Å². The summed E-state index contributed by atoms with van der Waals surface area (Å²) in [7, 11) is -0.561. The highest BCUT2D eigenvalue weighted by Gasteiger charge is 2.28. The lowest BCUT2D eigenvalue weighted by molar-refractivity contribution is 0.0697. The normalized spacial score (nSPS) is 11.0. The number of ether oxygens (including phenoxy) is 3. The van der Waals surface area contributed by atoms with Crippen molar-refractivity contribution in [3.05, 3.63) is 40.7 Å². The van der Waals surface area contributed by atoms with Gasteiger partial charge < -0.3 is 19.3 Å². The van der Waals surface area contributed by atoms with E-state index in [1.807, 2.05) is 0 Å². The van der Waals surface area contributed by atoms with Crippen molar-refractivity contribution in [1.82, 2.24) is 0 Å². The minimum Gasteiger partial charge on any atom is -0.493 e. The number of hydrogen-bond donors (Lipinski definition) is 2. The average Bonchev–Trinajstić information content (AvgIpc) is 2.62. The van der Waals surface area contributed by atoms with Crippen LogP contribution in [-0.4, -0.2) is 40.8 Å². The first-order valence-electron chi connectivity index (χ1n) is 7.20. The van der Waals surface area contributed by atoms with Crippen LogP contribution in [0, 0.1) is 5.82 Å². The summed E-state index contributed by atoms with van der Waals surface area (Å²) in [5.74, 6) is -2.43. The third-order valence-corrected chi connectivity index (χ3v) is 5.14. The van der Waals surface area contributed by atoms with Crippen LogP contribution in [0.2, 0.25) is 5.02 Å². The average molecular weight is 420 g/mol. The van der Waals surface area contributed by atoms with Gasteiger partial charge in [0, 0.05) is 6.07 Å². The van der Waals surface area contributed by atoms with E-state index in [9.17, 15) is 22.7 Å². The number of halogens is 2. The van der Waals surface area contributed by atoms with Gasteiger partial charge in [0.1, 0.15) is 11.5 Å². The van der Waals surface area contributed by atoms with Crippen molar-refractivity contribution in [2.75, 3.05) is 26.1 Å². The number of hydrogen-bond acceptors (Lipinski definition) is 6. The van der Waals surface area contributed by atoms with Gasteiger partial charge >= 0.3 is 5.97 Å². The maximum atomic E-state index is 13.3. The Bertz CT molecular complexity index is 995. The molecule has 146 valence electrons. The van der Waals surface area contributed by atoms with Crippen LogP contribution in [0.25, 0.3) is 0 Å². The zero-order chi connectivity index (χ0) is 20.4. The molecule has 0 radical (unpaired) electrons. The summed E-state index contributed by atoms with van der Waals surface area (Å²) >= 11 is 5.63. The van der Waals surface area contributed by atoms with E-state index >= 15 is 0 Å². The minimum atomic E-state index is -4.33. The van der Waals surface area contributed by atoms with E-state index in [4.69, 9.17) is 25.8 Å². The fourth-order valence-corrected chi connectivity index (χ4v) is 3.62. The molecule has 0 saturated heterocycles. The van der Waals surface area contributed by atoms with Crippen molar-refractivity contribution in [2.45, 2.75) is 4.90 Å². The molecule has 0 aliphatic rings. The smallest absolute Gasteiger partial charge is 0.338 e. The lowest BCUT2D eigenvalue weighted by atomic mass is 10.1. The first-order chi connectivity index (χ1) is 12.7. The zero-order valence-electron chi connectivity index (χ0n) is 14.4. The molecule has 0 aromatic heterocycles.